The van der Waals surface area contributed by atoms with Crippen molar-refractivity contribution in [1.29, 1.82) is 0 Å². The summed E-state index contributed by atoms with van der Waals surface area (Å²) in [5.41, 5.74) is 2.61. The number of rotatable bonds is 5. The molecule has 2 unspecified atom stereocenters. The fourth-order valence-electron chi connectivity index (χ4n) is 1.56. The van der Waals surface area contributed by atoms with Crippen molar-refractivity contribution >= 4 is 0 Å². The minimum atomic E-state index is -0.274. The van der Waals surface area contributed by atoms with Gasteiger partial charge >= 0.3 is 0 Å². The van der Waals surface area contributed by atoms with E-state index in [4.69, 9.17) is 14.6 Å². The second kappa shape index (κ2) is 6.84. The van der Waals surface area contributed by atoms with E-state index in [1.54, 1.807) is 0 Å². The summed E-state index contributed by atoms with van der Waals surface area (Å²) in [6, 6.07) is 0. The normalized spacial score (nSPS) is 25.9. The van der Waals surface area contributed by atoms with Gasteiger partial charge < -0.3 is 14.6 Å². The average molecular weight is 226 g/mol. The lowest BCUT2D eigenvalue weighted by Gasteiger charge is -2.07. The van der Waals surface area contributed by atoms with Crippen LogP contribution in [0.4, 0.5) is 0 Å². The number of aliphatic hydroxyl groups is 1. The van der Waals surface area contributed by atoms with Crippen molar-refractivity contribution in [3.05, 3.63) is 23.3 Å². The van der Waals surface area contributed by atoms with Crippen LogP contribution in [-0.2, 0) is 9.47 Å². The van der Waals surface area contributed by atoms with E-state index in [1.807, 2.05) is 6.08 Å². The quantitative estimate of drug-likeness (QED) is 0.732. The van der Waals surface area contributed by atoms with Gasteiger partial charge in [-0.3, -0.25) is 0 Å². The molecular formula is C13H22O3. The molecule has 0 aromatic carbocycles. The molecule has 0 radical (unpaired) electrons. The van der Waals surface area contributed by atoms with Crippen LogP contribution >= 0.6 is 0 Å². The Bertz CT molecular complexity index is 264. The Balaban J connectivity index is 2.30. The number of allylic oxidation sites excluding steroid dienone is 3. The zero-order valence-electron chi connectivity index (χ0n) is 10.4. The van der Waals surface area contributed by atoms with Crippen LogP contribution in [0, 0.1) is 0 Å². The molecule has 0 bridgehead atoms. The molecule has 1 heterocycles. The maximum Gasteiger partial charge on any atom is 0.177 e. The molecule has 0 aromatic heterocycles. The summed E-state index contributed by atoms with van der Waals surface area (Å²) in [5, 5.41) is 8.89. The van der Waals surface area contributed by atoms with Gasteiger partial charge in [0.25, 0.3) is 0 Å². The first-order chi connectivity index (χ1) is 7.61. The van der Waals surface area contributed by atoms with Gasteiger partial charge in [-0.1, -0.05) is 17.2 Å². The number of hydrogen-bond acceptors (Lipinski definition) is 3. The SMILES string of the molecule is CC(C)=CCC/C(C)=C/C1OCC(CO)O1. The monoisotopic (exact) mass is 226 g/mol. The van der Waals surface area contributed by atoms with Crippen LogP contribution in [0.1, 0.15) is 33.6 Å². The topological polar surface area (TPSA) is 38.7 Å². The fourth-order valence-corrected chi connectivity index (χ4v) is 1.56. The third-order valence-corrected chi connectivity index (χ3v) is 2.49. The van der Waals surface area contributed by atoms with E-state index in [9.17, 15) is 0 Å². The molecule has 3 nitrogen and oxygen atoms in total. The van der Waals surface area contributed by atoms with Crippen LogP contribution in [0.25, 0.3) is 0 Å². The highest BCUT2D eigenvalue weighted by molar-refractivity contribution is 5.04. The van der Waals surface area contributed by atoms with Gasteiger partial charge in [-0.15, -0.1) is 0 Å². The van der Waals surface area contributed by atoms with Crippen LogP contribution in [0.2, 0.25) is 0 Å². The molecule has 1 aliphatic heterocycles. The lowest BCUT2D eigenvalue weighted by Crippen LogP contribution is -2.15. The molecule has 1 N–H and O–H groups in total. The van der Waals surface area contributed by atoms with E-state index in [0.717, 1.165) is 12.8 Å². The second-order valence-electron chi connectivity index (χ2n) is 4.48. The van der Waals surface area contributed by atoms with E-state index in [2.05, 4.69) is 26.8 Å². The van der Waals surface area contributed by atoms with E-state index < -0.39 is 0 Å². The van der Waals surface area contributed by atoms with Gasteiger partial charge in [0.2, 0.25) is 0 Å². The lowest BCUT2D eigenvalue weighted by molar-refractivity contribution is -0.0304. The van der Waals surface area contributed by atoms with Crippen molar-refractivity contribution in [3.8, 4) is 0 Å². The maximum atomic E-state index is 8.89. The first-order valence-corrected chi connectivity index (χ1v) is 5.80. The maximum absolute atomic E-state index is 8.89. The summed E-state index contributed by atoms with van der Waals surface area (Å²) in [6.45, 7) is 6.81. The number of aliphatic hydroxyl groups excluding tert-OH is 1. The fraction of sp³-hybridized carbons (Fsp3) is 0.692. The van der Waals surface area contributed by atoms with Crippen LogP contribution in [0.5, 0.6) is 0 Å². The van der Waals surface area contributed by atoms with Gasteiger partial charge in [0, 0.05) is 0 Å². The Kier molecular flexibility index (Phi) is 5.74. The van der Waals surface area contributed by atoms with E-state index in [0.29, 0.717) is 6.61 Å². The number of hydrogen-bond donors (Lipinski definition) is 1. The first-order valence-electron chi connectivity index (χ1n) is 5.80. The van der Waals surface area contributed by atoms with Crippen molar-refractivity contribution in [2.45, 2.75) is 46.0 Å². The lowest BCUT2D eigenvalue weighted by atomic mass is 10.1. The summed E-state index contributed by atoms with van der Waals surface area (Å²) < 4.78 is 10.8. The molecular weight excluding hydrogens is 204 g/mol. The van der Waals surface area contributed by atoms with Crippen molar-refractivity contribution in [2.24, 2.45) is 0 Å². The van der Waals surface area contributed by atoms with Crippen LogP contribution in [0.3, 0.4) is 0 Å². The predicted octanol–water partition coefficient (Wildman–Crippen LogP) is 2.41. The highest BCUT2D eigenvalue weighted by atomic mass is 16.7. The molecule has 2 atom stereocenters. The van der Waals surface area contributed by atoms with Crippen LogP contribution in [0.15, 0.2) is 23.3 Å². The molecule has 0 aliphatic carbocycles. The van der Waals surface area contributed by atoms with Gasteiger partial charge in [0.05, 0.1) is 13.2 Å². The van der Waals surface area contributed by atoms with Gasteiger partial charge in [-0.2, -0.15) is 0 Å². The van der Waals surface area contributed by atoms with Gasteiger partial charge in [-0.25, -0.2) is 0 Å². The molecule has 3 heteroatoms. The minimum absolute atomic E-state index is 0.0289. The van der Waals surface area contributed by atoms with Crippen LogP contribution in [-0.4, -0.2) is 30.7 Å². The Hall–Kier alpha value is -0.640. The van der Waals surface area contributed by atoms with Gasteiger partial charge in [-0.05, 0) is 39.7 Å². The van der Waals surface area contributed by atoms with Gasteiger partial charge in [0.15, 0.2) is 6.29 Å². The molecule has 0 amide bonds. The van der Waals surface area contributed by atoms with E-state index in [-0.39, 0.29) is 19.0 Å². The summed E-state index contributed by atoms with van der Waals surface area (Å²) in [6.07, 6.45) is 5.87. The van der Waals surface area contributed by atoms with Crippen molar-refractivity contribution in [1.82, 2.24) is 0 Å². The number of ether oxygens (including phenoxy) is 2. The third kappa shape index (κ3) is 4.92. The zero-order valence-corrected chi connectivity index (χ0v) is 10.4. The standard InChI is InChI=1S/C13H22O3/c1-10(2)5-4-6-11(3)7-13-15-9-12(8-14)16-13/h5,7,12-14H,4,6,8-9H2,1-3H3/b11-7+. The average Bonchev–Trinajstić information content (AvgIpc) is 2.65. The van der Waals surface area contributed by atoms with Crippen molar-refractivity contribution < 1.29 is 14.6 Å². The Labute approximate surface area is 97.8 Å². The second-order valence-corrected chi connectivity index (χ2v) is 4.48. The third-order valence-electron chi connectivity index (χ3n) is 2.49. The Morgan fingerprint density at radius 1 is 1.38 bits per heavy atom. The molecule has 1 rings (SSSR count). The zero-order chi connectivity index (χ0) is 12.0. The molecule has 92 valence electrons. The van der Waals surface area contributed by atoms with Crippen molar-refractivity contribution in [3.63, 3.8) is 0 Å². The highest BCUT2D eigenvalue weighted by Crippen LogP contribution is 2.16. The largest absolute Gasteiger partial charge is 0.394 e. The smallest absolute Gasteiger partial charge is 0.177 e. The molecule has 1 saturated heterocycles. The first kappa shape index (κ1) is 13.4. The molecule has 0 aromatic rings. The molecule has 1 fully saturated rings. The molecule has 0 spiro atoms. The summed E-state index contributed by atoms with van der Waals surface area (Å²) in [5.74, 6) is 0. The molecule has 0 saturated carbocycles. The predicted molar refractivity (Wildman–Crippen MR) is 64.1 cm³/mol. The summed E-state index contributed by atoms with van der Waals surface area (Å²) >= 11 is 0. The van der Waals surface area contributed by atoms with Crippen molar-refractivity contribution in [2.75, 3.05) is 13.2 Å². The van der Waals surface area contributed by atoms with E-state index >= 15 is 0 Å². The highest BCUT2D eigenvalue weighted by Gasteiger charge is 2.23. The summed E-state index contributed by atoms with van der Waals surface area (Å²) in [4.78, 5) is 0. The van der Waals surface area contributed by atoms with Crippen LogP contribution < -0.4 is 0 Å². The van der Waals surface area contributed by atoms with Gasteiger partial charge in [0.1, 0.15) is 6.10 Å². The molecule has 1 aliphatic rings. The molecule has 16 heavy (non-hydrogen) atoms. The Morgan fingerprint density at radius 2 is 2.12 bits per heavy atom. The van der Waals surface area contributed by atoms with E-state index in [1.165, 1.54) is 11.1 Å². The summed E-state index contributed by atoms with van der Waals surface area (Å²) in [7, 11) is 0. The Morgan fingerprint density at radius 3 is 2.69 bits per heavy atom. The minimum Gasteiger partial charge on any atom is -0.394 e.